The van der Waals surface area contributed by atoms with Crippen LogP contribution >= 0.6 is 11.3 Å². The Morgan fingerprint density at radius 1 is 1.26 bits per heavy atom. The number of hydrogen-bond acceptors (Lipinski definition) is 3. The van der Waals surface area contributed by atoms with Crippen molar-refractivity contribution in [3.63, 3.8) is 0 Å². The topological polar surface area (TPSA) is 69.5 Å². The van der Waals surface area contributed by atoms with E-state index in [1.54, 1.807) is 11.3 Å². The van der Waals surface area contributed by atoms with E-state index in [1.807, 2.05) is 0 Å². The number of fused-ring (bicyclic) bond motifs is 1. The van der Waals surface area contributed by atoms with Crippen LogP contribution in [0.15, 0.2) is 0 Å². The van der Waals surface area contributed by atoms with Crippen molar-refractivity contribution in [1.82, 2.24) is 0 Å². The van der Waals surface area contributed by atoms with Crippen LogP contribution in [0, 0.1) is 35.0 Å². The lowest BCUT2D eigenvalue weighted by atomic mass is 9.53. The van der Waals surface area contributed by atoms with Crippen molar-refractivity contribution in [3.8, 4) is 6.07 Å². The number of nitriles is 1. The van der Waals surface area contributed by atoms with Gasteiger partial charge in [-0.2, -0.15) is 5.26 Å². The number of quaternary nitrogens is 1. The predicted octanol–water partition coefficient (Wildman–Crippen LogP) is 3.22. The fraction of sp³-hybridized carbons (Fsp3) is 0.727. The molecule has 1 amide bonds. The van der Waals surface area contributed by atoms with Gasteiger partial charge in [-0.1, -0.05) is 6.92 Å². The maximum atomic E-state index is 12.7. The largest absolute Gasteiger partial charge is 0.334 e. The third-order valence-corrected chi connectivity index (χ3v) is 8.85. The molecule has 1 heterocycles. The van der Waals surface area contributed by atoms with Crippen LogP contribution in [-0.4, -0.2) is 18.0 Å². The Bertz CT molecular complexity index is 770. The lowest BCUT2D eigenvalue weighted by Gasteiger charge is -2.54. The first-order valence-electron chi connectivity index (χ1n) is 10.7. The number of carbonyl (C=O) groups excluding carboxylic acids is 1. The van der Waals surface area contributed by atoms with Gasteiger partial charge in [0.1, 0.15) is 11.1 Å². The van der Waals surface area contributed by atoms with Gasteiger partial charge >= 0.3 is 0 Å². The molecule has 0 spiro atoms. The number of rotatable bonds is 4. The van der Waals surface area contributed by atoms with E-state index in [1.165, 1.54) is 49.0 Å². The summed E-state index contributed by atoms with van der Waals surface area (Å²) in [4.78, 5) is 14.0. The predicted molar refractivity (Wildman–Crippen MR) is 107 cm³/mol. The minimum atomic E-state index is 0.0638. The summed E-state index contributed by atoms with van der Waals surface area (Å²) in [7, 11) is 0. The summed E-state index contributed by atoms with van der Waals surface area (Å²) in [6.45, 7) is 2.77. The molecule has 4 nitrogen and oxygen atoms in total. The van der Waals surface area contributed by atoms with Gasteiger partial charge in [-0.15, -0.1) is 11.3 Å². The van der Waals surface area contributed by atoms with E-state index in [4.69, 9.17) is 0 Å². The number of nitrogens with zero attached hydrogens (tertiary/aromatic N) is 1. The number of hydrogen-bond donors (Lipinski definition) is 2. The normalized spacial score (nSPS) is 36.3. The Labute approximate surface area is 165 Å². The highest BCUT2D eigenvalue weighted by atomic mass is 32.1. The van der Waals surface area contributed by atoms with Crippen molar-refractivity contribution in [3.05, 3.63) is 16.0 Å². The van der Waals surface area contributed by atoms with E-state index < -0.39 is 0 Å². The average molecular weight is 385 g/mol. The molecule has 0 radical (unpaired) electrons. The molecule has 0 aromatic carbocycles. The number of carbonyl (C=O) groups is 1. The molecule has 4 fully saturated rings. The molecule has 3 N–H and O–H groups in total. The van der Waals surface area contributed by atoms with Crippen LogP contribution < -0.4 is 10.6 Å². The summed E-state index contributed by atoms with van der Waals surface area (Å²) in [5.74, 6) is 3.47. The first-order valence-corrected chi connectivity index (χ1v) is 11.5. The zero-order chi connectivity index (χ0) is 18.6. The van der Waals surface area contributed by atoms with Crippen molar-refractivity contribution in [1.29, 1.82) is 5.26 Å². The molecule has 1 aromatic rings. The molecular weight excluding hydrogens is 354 g/mol. The molecule has 5 aliphatic carbocycles. The van der Waals surface area contributed by atoms with Crippen molar-refractivity contribution in [2.75, 3.05) is 11.9 Å². The molecule has 1 aromatic heterocycles. The maximum Gasteiger partial charge on any atom is 0.280 e. The van der Waals surface area contributed by atoms with Crippen LogP contribution in [0.3, 0.4) is 0 Å². The van der Waals surface area contributed by atoms with Crippen LogP contribution in [0.4, 0.5) is 5.00 Å². The molecule has 4 saturated carbocycles. The summed E-state index contributed by atoms with van der Waals surface area (Å²) >= 11 is 1.64. The third kappa shape index (κ3) is 3.21. The molecule has 0 aliphatic heterocycles. The smallest absolute Gasteiger partial charge is 0.280 e. The summed E-state index contributed by atoms with van der Waals surface area (Å²) in [5, 5.41) is 15.9. The van der Waals surface area contributed by atoms with Crippen LogP contribution in [0.5, 0.6) is 0 Å². The van der Waals surface area contributed by atoms with Gasteiger partial charge < -0.3 is 10.6 Å². The van der Waals surface area contributed by atoms with E-state index >= 15 is 0 Å². The van der Waals surface area contributed by atoms with Gasteiger partial charge in [-0.05, 0) is 67.8 Å². The second kappa shape index (κ2) is 6.60. The molecule has 27 heavy (non-hydrogen) atoms. The SMILES string of the molecule is C[C@H]1CCc2c(sc(NC(=O)C[NH2+]C34CC5CC(CC(C5)C3)C4)c2C#N)C1. The van der Waals surface area contributed by atoms with E-state index in [-0.39, 0.29) is 5.91 Å². The standard InChI is InChI=1S/C22H29N3OS/c1-13-2-3-17-18(11-23)21(27-19(17)4-13)25-20(26)12-24-22-8-14-5-15(9-22)7-16(6-14)10-22/h13-16,24H,2-10,12H2,1H3,(H,25,26)/p+1/t13-,14?,15?,16?,22?/m0/s1. The Hall–Kier alpha value is -1.38. The Morgan fingerprint density at radius 2 is 1.93 bits per heavy atom. The third-order valence-electron chi connectivity index (χ3n) is 7.68. The van der Waals surface area contributed by atoms with Gasteiger partial charge in [0.25, 0.3) is 5.91 Å². The van der Waals surface area contributed by atoms with E-state index in [0.717, 1.165) is 47.6 Å². The Kier molecular flexibility index (Phi) is 4.33. The van der Waals surface area contributed by atoms with Crippen LogP contribution in [0.25, 0.3) is 0 Å². The monoisotopic (exact) mass is 384 g/mol. The highest BCUT2D eigenvalue weighted by Crippen LogP contribution is 2.54. The van der Waals surface area contributed by atoms with Crippen molar-refractivity contribution in [2.24, 2.45) is 23.7 Å². The fourth-order valence-corrected chi connectivity index (χ4v) is 8.25. The lowest BCUT2D eigenvalue weighted by Crippen LogP contribution is -3.00. The van der Waals surface area contributed by atoms with Gasteiger partial charge in [-0.25, -0.2) is 0 Å². The van der Waals surface area contributed by atoms with Crippen LogP contribution in [0.2, 0.25) is 0 Å². The first kappa shape index (κ1) is 17.7. The fourth-order valence-electron chi connectivity index (χ4n) is 6.87. The molecular formula is C22H30N3OS+. The molecule has 0 saturated heterocycles. The number of amides is 1. The van der Waals surface area contributed by atoms with Crippen molar-refractivity contribution >= 4 is 22.2 Å². The minimum absolute atomic E-state index is 0.0638. The zero-order valence-corrected chi connectivity index (χ0v) is 17.0. The average Bonchev–Trinajstić information content (AvgIpc) is 2.95. The summed E-state index contributed by atoms with van der Waals surface area (Å²) in [5.41, 5.74) is 2.25. The molecule has 4 bridgehead atoms. The summed E-state index contributed by atoms with van der Waals surface area (Å²) < 4.78 is 0. The Morgan fingerprint density at radius 3 is 2.56 bits per heavy atom. The van der Waals surface area contributed by atoms with Crippen molar-refractivity contribution in [2.45, 2.75) is 70.3 Å². The first-order chi connectivity index (χ1) is 13.0. The minimum Gasteiger partial charge on any atom is -0.334 e. The van der Waals surface area contributed by atoms with Gasteiger partial charge in [-0.3, -0.25) is 4.79 Å². The van der Waals surface area contributed by atoms with E-state index in [2.05, 4.69) is 23.6 Å². The molecule has 0 unspecified atom stereocenters. The molecule has 5 heteroatoms. The number of nitrogens with two attached hydrogens (primary N) is 1. The quantitative estimate of drug-likeness (QED) is 0.837. The second-order valence-corrected chi connectivity index (χ2v) is 11.0. The van der Waals surface area contributed by atoms with Crippen LogP contribution in [0.1, 0.15) is 67.9 Å². The number of anilines is 1. The van der Waals surface area contributed by atoms with Gasteiger partial charge in [0.15, 0.2) is 6.54 Å². The zero-order valence-electron chi connectivity index (χ0n) is 16.2. The summed E-state index contributed by atoms with van der Waals surface area (Å²) in [6, 6.07) is 2.36. The second-order valence-electron chi connectivity index (χ2n) is 9.90. The highest BCUT2D eigenvalue weighted by molar-refractivity contribution is 7.16. The number of nitrogens with one attached hydrogen (secondary N) is 1. The molecule has 6 rings (SSSR count). The van der Waals surface area contributed by atoms with Crippen molar-refractivity contribution < 1.29 is 10.1 Å². The van der Waals surface area contributed by atoms with E-state index in [0.29, 0.717) is 18.0 Å². The molecule has 144 valence electrons. The lowest BCUT2D eigenvalue weighted by molar-refractivity contribution is -0.729. The molecule has 1 atom stereocenters. The van der Waals surface area contributed by atoms with Gasteiger partial charge in [0.05, 0.1) is 11.1 Å². The summed E-state index contributed by atoms with van der Waals surface area (Å²) in [6.07, 6.45) is 11.4. The maximum absolute atomic E-state index is 12.7. The van der Waals surface area contributed by atoms with Gasteiger partial charge in [0, 0.05) is 24.1 Å². The number of thiophene rings is 1. The van der Waals surface area contributed by atoms with E-state index in [9.17, 15) is 10.1 Å². The molecule has 5 aliphatic rings. The van der Waals surface area contributed by atoms with Gasteiger partial charge in [0.2, 0.25) is 0 Å². The van der Waals surface area contributed by atoms with Crippen LogP contribution in [-0.2, 0) is 17.6 Å². The highest BCUT2D eigenvalue weighted by Gasteiger charge is 2.53. The Balaban J connectivity index is 1.25.